The van der Waals surface area contributed by atoms with Gasteiger partial charge in [0.05, 0.1) is 22.6 Å². The van der Waals surface area contributed by atoms with Crippen LogP contribution in [0.15, 0.2) is 16.6 Å². The maximum absolute atomic E-state index is 11.5. The first-order chi connectivity index (χ1) is 8.36. The molecule has 0 bridgehead atoms. The summed E-state index contributed by atoms with van der Waals surface area (Å²) < 4.78 is 10.4. The van der Waals surface area contributed by atoms with Gasteiger partial charge in [-0.05, 0) is 29.8 Å². The maximum Gasteiger partial charge on any atom is 0.345 e. The molecule has 0 aliphatic heterocycles. The van der Waals surface area contributed by atoms with Crippen molar-refractivity contribution in [3.8, 4) is 5.75 Å². The van der Waals surface area contributed by atoms with E-state index in [0.29, 0.717) is 10.2 Å². The Balaban J connectivity index is 3.35. The second-order valence-electron chi connectivity index (χ2n) is 3.72. The predicted octanol–water partition coefficient (Wildman–Crippen LogP) is 2.93. The average Bonchev–Trinajstić information content (AvgIpc) is 2.29. The molecule has 18 heavy (non-hydrogen) atoms. The SMILES string of the molecule is COC(=O)c1cc(OC(C)C)c(Br)cc1[N+](=O)[O-]. The van der Waals surface area contributed by atoms with Gasteiger partial charge in [-0.25, -0.2) is 4.79 Å². The first kappa shape index (κ1) is 14.4. The van der Waals surface area contributed by atoms with Gasteiger partial charge in [0.2, 0.25) is 0 Å². The molecule has 0 radical (unpaired) electrons. The highest BCUT2D eigenvalue weighted by atomic mass is 79.9. The quantitative estimate of drug-likeness (QED) is 0.484. The van der Waals surface area contributed by atoms with Crippen LogP contribution in [0.2, 0.25) is 0 Å². The van der Waals surface area contributed by atoms with Crippen molar-refractivity contribution in [1.29, 1.82) is 0 Å². The molecule has 0 amide bonds. The minimum Gasteiger partial charge on any atom is -0.490 e. The lowest BCUT2D eigenvalue weighted by Crippen LogP contribution is -2.10. The van der Waals surface area contributed by atoms with Gasteiger partial charge in [0, 0.05) is 12.1 Å². The molecule has 0 saturated heterocycles. The second-order valence-corrected chi connectivity index (χ2v) is 4.57. The van der Waals surface area contributed by atoms with E-state index in [-0.39, 0.29) is 17.4 Å². The van der Waals surface area contributed by atoms with E-state index in [2.05, 4.69) is 20.7 Å². The fourth-order valence-corrected chi connectivity index (χ4v) is 1.74. The van der Waals surface area contributed by atoms with Crippen molar-refractivity contribution in [3.63, 3.8) is 0 Å². The summed E-state index contributed by atoms with van der Waals surface area (Å²) >= 11 is 3.17. The summed E-state index contributed by atoms with van der Waals surface area (Å²) in [5.74, 6) is -0.418. The van der Waals surface area contributed by atoms with Crippen LogP contribution in [-0.2, 0) is 4.74 Å². The molecule has 0 aliphatic carbocycles. The highest BCUT2D eigenvalue weighted by Gasteiger charge is 2.24. The lowest BCUT2D eigenvalue weighted by molar-refractivity contribution is -0.385. The van der Waals surface area contributed by atoms with Gasteiger partial charge < -0.3 is 9.47 Å². The van der Waals surface area contributed by atoms with Gasteiger partial charge >= 0.3 is 5.97 Å². The number of benzene rings is 1. The van der Waals surface area contributed by atoms with E-state index < -0.39 is 10.9 Å². The lowest BCUT2D eigenvalue weighted by atomic mass is 10.1. The third kappa shape index (κ3) is 3.19. The number of rotatable bonds is 4. The predicted molar refractivity (Wildman–Crippen MR) is 67.9 cm³/mol. The Kier molecular flexibility index (Phi) is 4.66. The van der Waals surface area contributed by atoms with Crippen LogP contribution in [0.5, 0.6) is 5.75 Å². The van der Waals surface area contributed by atoms with Crippen LogP contribution in [0.1, 0.15) is 24.2 Å². The molecule has 0 spiro atoms. The molecule has 0 aliphatic rings. The van der Waals surface area contributed by atoms with E-state index >= 15 is 0 Å². The first-order valence-corrected chi connectivity index (χ1v) is 5.89. The summed E-state index contributed by atoms with van der Waals surface area (Å²) in [5, 5.41) is 10.9. The number of hydrogen-bond donors (Lipinski definition) is 0. The minimum absolute atomic E-state index is 0.117. The van der Waals surface area contributed by atoms with Crippen LogP contribution in [0.25, 0.3) is 0 Å². The summed E-state index contributed by atoms with van der Waals surface area (Å²) in [6, 6.07) is 2.53. The Morgan fingerprint density at radius 1 is 1.44 bits per heavy atom. The number of ether oxygens (including phenoxy) is 2. The molecule has 0 atom stereocenters. The van der Waals surface area contributed by atoms with Crippen molar-refractivity contribution in [3.05, 3.63) is 32.3 Å². The van der Waals surface area contributed by atoms with Crippen molar-refractivity contribution < 1.29 is 19.2 Å². The monoisotopic (exact) mass is 317 g/mol. The van der Waals surface area contributed by atoms with E-state index in [1.54, 1.807) is 0 Å². The third-order valence-electron chi connectivity index (χ3n) is 2.01. The number of methoxy groups -OCH3 is 1. The molecule has 0 aromatic heterocycles. The Morgan fingerprint density at radius 2 is 2.06 bits per heavy atom. The normalized spacial score (nSPS) is 10.3. The van der Waals surface area contributed by atoms with Crippen LogP contribution in [-0.4, -0.2) is 24.1 Å². The molecule has 0 heterocycles. The van der Waals surface area contributed by atoms with Gasteiger partial charge in [-0.15, -0.1) is 0 Å². The van der Waals surface area contributed by atoms with E-state index in [9.17, 15) is 14.9 Å². The van der Waals surface area contributed by atoms with Crippen molar-refractivity contribution in [2.24, 2.45) is 0 Å². The van der Waals surface area contributed by atoms with E-state index in [0.717, 1.165) is 7.11 Å². The summed E-state index contributed by atoms with van der Waals surface area (Å²) in [6.07, 6.45) is -0.117. The molecule has 1 aromatic rings. The van der Waals surface area contributed by atoms with Crippen LogP contribution in [0.4, 0.5) is 5.69 Å². The average molecular weight is 318 g/mol. The maximum atomic E-state index is 11.5. The number of esters is 1. The van der Waals surface area contributed by atoms with Gasteiger partial charge in [0.1, 0.15) is 11.3 Å². The van der Waals surface area contributed by atoms with Crippen LogP contribution < -0.4 is 4.74 Å². The molecule has 98 valence electrons. The second kappa shape index (κ2) is 5.81. The summed E-state index contributed by atoms with van der Waals surface area (Å²) in [6.45, 7) is 3.62. The zero-order valence-corrected chi connectivity index (χ0v) is 11.7. The van der Waals surface area contributed by atoms with Crippen molar-refractivity contribution in [1.82, 2.24) is 0 Å². The standard InChI is InChI=1S/C11H12BrNO5/c1-6(2)18-10-4-7(11(14)17-3)9(13(15)16)5-8(10)12/h4-6H,1-3H3. The largest absolute Gasteiger partial charge is 0.490 e. The minimum atomic E-state index is -0.775. The fourth-order valence-electron chi connectivity index (χ4n) is 1.31. The molecule has 0 saturated carbocycles. The summed E-state index contributed by atoms with van der Waals surface area (Å²) in [7, 11) is 1.16. The number of nitro groups is 1. The third-order valence-corrected chi connectivity index (χ3v) is 2.63. The number of carbonyl (C=O) groups excluding carboxylic acids is 1. The van der Waals surface area contributed by atoms with Gasteiger partial charge in [-0.1, -0.05) is 0 Å². The van der Waals surface area contributed by atoms with Crippen molar-refractivity contribution in [2.75, 3.05) is 7.11 Å². The fraction of sp³-hybridized carbons (Fsp3) is 0.364. The topological polar surface area (TPSA) is 78.7 Å². The number of hydrogen-bond acceptors (Lipinski definition) is 5. The van der Waals surface area contributed by atoms with Gasteiger partial charge in [0.25, 0.3) is 5.69 Å². The molecule has 0 N–H and O–H groups in total. The Bertz CT molecular complexity index is 487. The first-order valence-electron chi connectivity index (χ1n) is 5.09. The molecule has 0 unspecified atom stereocenters. The molecule has 1 rings (SSSR count). The van der Waals surface area contributed by atoms with Crippen LogP contribution in [0.3, 0.4) is 0 Å². The number of nitrogens with zero attached hydrogens (tertiary/aromatic N) is 1. The number of nitro benzene ring substituents is 1. The van der Waals surface area contributed by atoms with Gasteiger partial charge in [-0.2, -0.15) is 0 Å². The lowest BCUT2D eigenvalue weighted by Gasteiger charge is -2.12. The van der Waals surface area contributed by atoms with Gasteiger partial charge in [-0.3, -0.25) is 10.1 Å². The van der Waals surface area contributed by atoms with Crippen molar-refractivity contribution >= 4 is 27.6 Å². The Labute approximate surface area is 112 Å². The molecule has 1 aromatic carbocycles. The zero-order valence-electron chi connectivity index (χ0n) is 10.1. The summed E-state index contributed by atoms with van der Waals surface area (Å²) in [5.41, 5.74) is -0.466. The number of carbonyl (C=O) groups is 1. The van der Waals surface area contributed by atoms with E-state index in [1.807, 2.05) is 13.8 Å². The zero-order chi connectivity index (χ0) is 13.9. The molecule has 7 heteroatoms. The molecular formula is C11H12BrNO5. The molecular weight excluding hydrogens is 306 g/mol. The summed E-state index contributed by atoms with van der Waals surface area (Å²) in [4.78, 5) is 21.7. The van der Waals surface area contributed by atoms with E-state index in [1.165, 1.54) is 12.1 Å². The molecule has 0 fully saturated rings. The van der Waals surface area contributed by atoms with Crippen LogP contribution >= 0.6 is 15.9 Å². The Hall–Kier alpha value is -1.63. The van der Waals surface area contributed by atoms with Crippen LogP contribution in [0, 0.1) is 10.1 Å². The highest BCUT2D eigenvalue weighted by Crippen LogP contribution is 2.33. The Morgan fingerprint density at radius 3 is 2.50 bits per heavy atom. The highest BCUT2D eigenvalue weighted by molar-refractivity contribution is 9.10. The smallest absolute Gasteiger partial charge is 0.345 e. The molecule has 6 nitrogen and oxygen atoms in total. The van der Waals surface area contributed by atoms with Gasteiger partial charge in [0.15, 0.2) is 0 Å². The number of halogens is 1. The van der Waals surface area contributed by atoms with Crippen molar-refractivity contribution in [2.45, 2.75) is 20.0 Å². The van der Waals surface area contributed by atoms with E-state index in [4.69, 9.17) is 4.74 Å².